The predicted molar refractivity (Wildman–Crippen MR) is 132 cm³/mol. The Balaban J connectivity index is 1.80. The van der Waals surface area contributed by atoms with E-state index in [0.717, 1.165) is 9.87 Å². The molecule has 3 aromatic rings. The maximum Gasteiger partial charge on any atom is 0.255 e. The molecule has 0 aliphatic rings. The summed E-state index contributed by atoms with van der Waals surface area (Å²) in [5.74, 6) is 0.188. The highest BCUT2D eigenvalue weighted by molar-refractivity contribution is 7.89. The molecule has 0 radical (unpaired) electrons. The number of nitrogens with zero attached hydrogens (tertiary/aromatic N) is 2. The zero-order chi connectivity index (χ0) is 25.4. The molecule has 3 rings (SSSR count). The van der Waals surface area contributed by atoms with Gasteiger partial charge in [-0.3, -0.25) is 4.79 Å². The van der Waals surface area contributed by atoms with Crippen LogP contribution in [-0.2, 0) is 21.4 Å². The Bertz CT molecular complexity index is 1310. The summed E-state index contributed by atoms with van der Waals surface area (Å²) in [6, 6.07) is 18.1. The van der Waals surface area contributed by atoms with Crippen molar-refractivity contribution >= 4 is 22.1 Å². The largest absolute Gasteiger partial charge is 0.504 e. The standard InChI is InChI=1S/C25H27N3O6S/c1-18-13-21(10-12-23(18)33-2)35(31,32)28(16-19-7-5-4-6-8-19)17-25(30)27-26-15-20-9-11-22(29)24(14-20)34-3/h4-15,29H,16-17H2,1-3H3,(H,27,30)/b26-15+. The van der Waals surface area contributed by atoms with Gasteiger partial charge in [0.05, 0.1) is 31.9 Å². The second kappa shape index (κ2) is 11.5. The first kappa shape index (κ1) is 25.7. The van der Waals surface area contributed by atoms with Crippen molar-refractivity contribution in [2.45, 2.75) is 18.4 Å². The minimum Gasteiger partial charge on any atom is -0.504 e. The number of methoxy groups -OCH3 is 2. The molecule has 0 aromatic heterocycles. The van der Waals surface area contributed by atoms with Gasteiger partial charge in [-0.05, 0) is 60.0 Å². The van der Waals surface area contributed by atoms with Crippen molar-refractivity contribution in [1.29, 1.82) is 0 Å². The number of phenols is 1. The number of ether oxygens (including phenoxy) is 2. The summed E-state index contributed by atoms with van der Waals surface area (Å²) >= 11 is 0. The second-order valence-corrected chi connectivity index (χ2v) is 9.55. The molecule has 184 valence electrons. The van der Waals surface area contributed by atoms with Gasteiger partial charge in [-0.25, -0.2) is 13.8 Å². The lowest BCUT2D eigenvalue weighted by atomic mass is 10.2. The highest BCUT2D eigenvalue weighted by Gasteiger charge is 2.27. The van der Waals surface area contributed by atoms with E-state index in [9.17, 15) is 18.3 Å². The van der Waals surface area contributed by atoms with Crippen LogP contribution in [0.2, 0.25) is 0 Å². The van der Waals surface area contributed by atoms with Crippen molar-refractivity contribution in [3.63, 3.8) is 0 Å². The molecule has 0 unspecified atom stereocenters. The van der Waals surface area contributed by atoms with Gasteiger partial charge in [0.15, 0.2) is 11.5 Å². The van der Waals surface area contributed by atoms with Gasteiger partial charge in [-0.2, -0.15) is 9.41 Å². The SMILES string of the molecule is COc1ccc(S(=O)(=O)N(CC(=O)N/N=C/c2ccc(O)c(OC)c2)Cc2ccccc2)cc1C. The fraction of sp³-hybridized carbons (Fsp3) is 0.200. The molecule has 0 aliphatic heterocycles. The van der Waals surface area contributed by atoms with Crippen LogP contribution >= 0.6 is 0 Å². The molecule has 0 spiro atoms. The smallest absolute Gasteiger partial charge is 0.255 e. The van der Waals surface area contributed by atoms with Crippen molar-refractivity contribution in [2.75, 3.05) is 20.8 Å². The third-order valence-electron chi connectivity index (χ3n) is 5.13. The first-order chi connectivity index (χ1) is 16.7. The molecule has 0 fully saturated rings. The Morgan fingerprint density at radius 3 is 2.40 bits per heavy atom. The van der Waals surface area contributed by atoms with E-state index < -0.39 is 22.5 Å². The number of sulfonamides is 1. The lowest BCUT2D eigenvalue weighted by Gasteiger charge is -2.22. The van der Waals surface area contributed by atoms with Gasteiger partial charge >= 0.3 is 0 Å². The van der Waals surface area contributed by atoms with Crippen LogP contribution in [0.25, 0.3) is 0 Å². The molecule has 9 nitrogen and oxygen atoms in total. The Kier molecular flexibility index (Phi) is 8.45. The minimum atomic E-state index is -4.01. The minimum absolute atomic E-state index is 0.000541. The average Bonchev–Trinajstić information content (AvgIpc) is 2.85. The monoisotopic (exact) mass is 497 g/mol. The maximum atomic E-state index is 13.5. The van der Waals surface area contributed by atoms with Crippen LogP contribution in [0, 0.1) is 6.92 Å². The van der Waals surface area contributed by atoms with Crippen LogP contribution in [0.1, 0.15) is 16.7 Å². The van der Waals surface area contributed by atoms with Crippen LogP contribution in [-0.4, -0.2) is 50.7 Å². The second-order valence-electron chi connectivity index (χ2n) is 7.61. The summed E-state index contributed by atoms with van der Waals surface area (Å²) in [6.07, 6.45) is 1.36. The van der Waals surface area contributed by atoms with Crippen molar-refractivity contribution < 1.29 is 27.8 Å². The normalized spacial score (nSPS) is 11.5. The number of hydrogen-bond donors (Lipinski definition) is 2. The van der Waals surface area contributed by atoms with E-state index in [-0.39, 0.29) is 22.9 Å². The lowest BCUT2D eigenvalue weighted by molar-refractivity contribution is -0.121. The number of carbonyl (C=O) groups is 1. The van der Waals surface area contributed by atoms with Crippen LogP contribution < -0.4 is 14.9 Å². The number of benzene rings is 3. The Hall–Kier alpha value is -3.89. The molecule has 35 heavy (non-hydrogen) atoms. The molecule has 0 aliphatic carbocycles. The molecule has 10 heteroatoms. The van der Waals surface area contributed by atoms with Gasteiger partial charge in [0.1, 0.15) is 5.75 Å². The predicted octanol–water partition coefficient (Wildman–Crippen LogP) is 3.06. The maximum absolute atomic E-state index is 13.5. The number of carbonyl (C=O) groups excluding carboxylic acids is 1. The Morgan fingerprint density at radius 2 is 1.74 bits per heavy atom. The molecule has 0 bridgehead atoms. The number of hydrazone groups is 1. The number of phenolic OH excluding ortho intramolecular Hbond substituents is 1. The first-order valence-corrected chi connectivity index (χ1v) is 12.1. The third kappa shape index (κ3) is 6.58. The molecule has 3 aromatic carbocycles. The number of aromatic hydroxyl groups is 1. The van der Waals surface area contributed by atoms with Crippen molar-refractivity contribution in [3.05, 3.63) is 83.4 Å². The molecule has 1 amide bonds. The molecule has 0 atom stereocenters. The number of aryl methyl sites for hydroxylation is 1. The quantitative estimate of drug-likeness (QED) is 0.328. The molecular weight excluding hydrogens is 470 g/mol. The van der Waals surface area contributed by atoms with Crippen LogP contribution in [0.15, 0.2) is 76.7 Å². The van der Waals surface area contributed by atoms with Crippen molar-refractivity contribution in [1.82, 2.24) is 9.73 Å². The van der Waals surface area contributed by atoms with E-state index in [4.69, 9.17) is 9.47 Å². The molecule has 2 N–H and O–H groups in total. The summed E-state index contributed by atoms with van der Waals surface area (Å²) in [6.45, 7) is 1.30. The number of hydrogen-bond acceptors (Lipinski definition) is 7. The molecule has 0 saturated heterocycles. The van der Waals surface area contributed by atoms with Gasteiger partial charge in [0, 0.05) is 6.54 Å². The lowest BCUT2D eigenvalue weighted by Crippen LogP contribution is -2.39. The Labute approximate surface area is 204 Å². The van der Waals surface area contributed by atoms with Gasteiger partial charge in [0.25, 0.3) is 5.91 Å². The zero-order valence-corrected chi connectivity index (χ0v) is 20.5. The van der Waals surface area contributed by atoms with E-state index in [1.165, 1.54) is 38.6 Å². The van der Waals surface area contributed by atoms with Crippen LogP contribution in [0.5, 0.6) is 17.2 Å². The van der Waals surface area contributed by atoms with E-state index in [2.05, 4.69) is 10.5 Å². The highest BCUT2D eigenvalue weighted by atomic mass is 32.2. The molecule has 0 heterocycles. The van der Waals surface area contributed by atoms with Crippen molar-refractivity contribution in [2.24, 2.45) is 5.10 Å². The summed E-state index contributed by atoms with van der Waals surface area (Å²) < 4.78 is 38.3. The topological polar surface area (TPSA) is 118 Å². The average molecular weight is 498 g/mol. The van der Waals surface area contributed by atoms with Gasteiger partial charge in [0.2, 0.25) is 10.0 Å². The summed E-state index contributed by atoms with van der Waals surface area (Å²) in [4.78, 5) is 12.7. The van der Waals surface area contributed by atoms with Gasteiger partial charge in [-0.1, -0.05) is 30.3 Å². The van der Waals surface area contributed by atoms with E-state index in [0.29, 0.717) is 16.9 Å². The first-order valence-electron chi connectivity index (χ1n) is 10.6. The zero-order valence-electron chi connectivity index (χ0n) is 19.6. The molecule has 0 saturated carbocycles. The van der Waals surface area contributed by atoms with E-state index in [1.54, 1.807) is 49.4 Å². The van der Waals surface area contributed by atoms with Crippen LogP contribution in [0.3, 0.4) is 0 Å². The number of rotatable bonds is 10. The van der Waals surface area contributed by atoms with Crippen molar-refractivity contribution in [3.8, 4) is 17.2 Å². The van der Waals surface area contributed by atoms with E-state index >= 15 is 0 Å². The fourth-order valence-electron chi connectivity index (χ4n) is 3.32. The summed E-state index contributed by atoms with van der Waals surface area (Å²) in [7, 11) is -1.08. The number of nitrogens with one attached hydrogen (secondary N) is 1. The van der Waals surface area contributed by atoms with Crippen LogP contribution in [0.4, 0.5) is 0 Å². The van der Waals surface area contributed by atoms with Gasteiger partial charge < -0.3 is 14.6 Å². The third-order valence-corrected chi connectivity index (χ3v) is 6.92. The summed E-state index contributed by atoms with van der Waals surface area (Å²) in [5.41, 5.74) is 4.31. The number of amides is 1. The highest BCUT2D eigenvalue weighted by Crippen LogP contribution is 2.26. The van der Waals surface area contributed by atoms with E-state index in [1.807, 2.05) is 6.07 Å². The van der Waals surface area contributed by atoms with Gasteiger partial charge in [-0.15, -0.1) is 0 Å². The Morgan fingerprint density at radius 1 is 1.03 bits per heavy atom. The fourth-order valence-corrected chi connectivity index (χ4v) is 4.79. The summed E-state index contributed by atoms with van der Waals surface area (Å²) in [5, 5.41) is 13.6. The molecular formula is C25H27N3O6S.